The number of nitrogens with one attached hydrogen (secondary N) is 1. The summed E-state index contributed by atoms with van der Waals surface area (Å²) in [6.07, 6.45) is 2.59. The first-order valence-corrected chi connectivity index (χ1v) is 6.22. The fourth-order valence-corrected chi connectivity index (χ4v) is 2.50. The Morgan fingerprint density at radius 1 is 1.64 bits per heavy atom. The molecule has 0 saturated heterocycles. The fourth-order valence-electron chi connectivity index (χ4n) is 1.24. The summed E-state index contributed by atoms with van der Waals surface area (Å²) in [6, 6.07) is 0.561. The van der Waals surface area contributed by atoms with E-state index in [0.717, 1.165) is 15.2 Å². The Kier molecular flexibility index (Phi) is 5.01. The summed E-state index contributed by atoms with van der Waals surface area (Å²) in [7, 11) is 0. The van der Waals surface area contributed by atoms with Gasteiger partial charge < -0.3 is 10.4 Å². The van der Waals surface area contributed by atoms with Crippen molar-refractivity contribution < 1.29 is 5.11 Å². The van der Waals surface area contributed by atoms with Crippen LogP contribution in [0.3, 0.4) is 0 Å². The van der Waals surface area contributed by atoms with Gasteiger partial charge in [-0.2, -0.15) is 0 Å². The molecule has 0 spiro atoms. The first-order chi connectivity index (χ1) is 6.63. The Hall–Kier alpha value is 0.0300. The van der Waals surface area contributed by atoms with Crippen molar-refractivity contribution in [3.05, 3.63) is 15.0 Å². The number of aromatic nitrogens is 1. The molecule has 0 aromatic carbocycles. The molecule has 1 unspecified atom stereocenters. The molecule has 1 aromatic rings. The zero-order valence-electron chi connectivity index (χ0n) is 8.33. The minimum Gasteiger partial charge on any atom is -0.396 e. The molecule has 0 amide bonds. The van der Waals surface area contributed by atoms with Crippen molar-refractivity contribution in [2.24, 2.45) is 0 Å². The van der Waals surface area contributed by atoms with Crippen LogP contribution in [0.4, 0.5) is 0 Å². The Morgan fingerprint density at radius 3 is 2.86 bits per heavy atom. The minimum absolute atomic E-state index is 0.225. The predicted octanol–water partition coefficient (Wildman–Crippen LogP) is 2.33. The molecule has 1 aromatic heterocycles. The summed E-state index contributed by atoms with van der Waals surface area (Å²) >= 11 is 5.02. The molecular formula is C9H15BrN2OS. The second-order valence-corrected chi connectivity index (χ2v) is 5.75. The van der Waals surface area contributed by atoms with Crippen LogP contribution in [0.15, 0.2) is 9.98 Å². The van der Waals surface area contributed by atoms with Gasteiger partial charge >= 0.3 is 0 Å². The Bertz CT molecular complexity index is 280. The molecule has 1 rings (SSSR count). The minimum atomic E-state index is 0.225. The van der Waals surface area contributed by atoms with E-state index in [9.17, 15) is 0 Å². The zero-order valence-corrected chi connectivity index (χ0v) is 10.7. The van der Waals surface area contributed by atoms with Crippen molar-refractivity contribution in [1.29, 1.82) is 0 Å². The van der Waals surface area contributed by atoms with Gasteiger partial charge in [0, 0.05) is 12.6 Å². The van der Waals surface area contributed by atoms with Crippen molar-refractivity contribution in [3.8, 4) is 0 Å². The lowest BCUT2D eigenvalue weighted by Gasteiger charge is -2.17. The van der Waals surface area contributed by atoms with E-state index in [1.54, 1.807) is 11.3 Å². The highest BCUT2D eigenvalue weighted by molar-refractivity contribution is 9.11. The van der Waals surface area contributed by atoms with Crippen LogP contribution >= 0.6 is 27.3 Å². The first kappa shape index (κ1) is 12.1. The maximum atomic E-state index is 8.76. The van der Waals surface area contributed by atoms with Crippen molar-refractivity contribution in [2.75, 3.05) is 6.61 Å². The van der Waals surface area contributed by atoms with Crippen LogP contribution in [0, 0.1) is 0 Å². The predicted molar refractivity (Wildman–Crippen MR) is 62.5 cm³/mol. The highest BCUT2D eigenvalue weighted by Gasteiger charge is 2.11. The SMILES string of the molecule is CC(N[C@H](C)CCO)c1ncc(Br)s1. The third kappa shape index (κ3) is 3.65. The van der Waals surface area contributed by atoms with E-state index in [4.69, 9.17) is 5.11 Å². The molecule has 2 atom stereocenters. The van der Waals surface area contributed by atoms with Crippen LogP contribution in [0.1, 0.15) is 31.3 Å². The number of hydrogen-bond donors (Lipinski definition) is 2. The normalized spacial score (nSPS) is 15.4. The molecule has 5 heteroatoms. The van der Waals surface area contributed by atoms with E-state index in [1.165, 1.54) is 0 Å². The molecule has 0 fully saturated rings. The average Bonchev–Trinajstić information content (AvgIpc) is 2.52. The van der Waals surface area contributed by atoms with Gasteiger partial charge in [-0.1, -0.05) is 0 Å². The van der Waals surface area contributed by atoms with Crippen LogP contribution in [0.2, 0.25) is 0 Å². The van der Waals surface area contributed by atoms with Gasteiger partial charge in [-0.25, -0.2) is 4.98 Å². The number of rotatable bonds is 5. The number of aliphatic hydroxyl groups excluding tert-OH is 1. The van der Waals surface area contributed by atoms with Gasteiger partial charge in [-0.15, -0.1) is 11.3 Å². The van der Waals surface area contributed by atoms with Gasteiger partial charge in [-0.05, 0) is 36.2 Å². The summed E-state index contributed by atoms with van der Waals surface area (Å²) in [4.78, 5) is 4.28. The van der Waals surface area contributed by atoms with Crippen LogP contribution in [-0.4, -0.2) is 22.7 Å². The largest absolute Gasteiger partial charge is 0.396 e. The lowest BCUT2D eigenvalue weighted by molar-refractivity contribution is 0.264. The van der Waals surface area contributed by atoms with Crippen molar-refractivity contribution >= 4 is 27.3 Å². The third-order valence-electron chi connectivity index (χ3n) is 1.96. The van der Waals surface area contributed by atoms with E-state index in [2.05, 4.69) is 40.1 Å². The van der Waals surface area contributed by atoms with Crippen LogP contribution in [0.5, 0.6) is 0 Å². The third-order valence-corrected chi connectivity index (χ3v) is 3.62. The second-order valence-electron chi connectivity index (χ2n) is 3.30. The quantitative estimate of drug-likeness (QED) is 0.869. The molecule has 2 N–H and O–H groups in total. The second kappa shape index (κ2) is 5.80. The van der Waals surface area contributed by atoms with E-state index in [0.29, 0.717) is 6.04 Å². The van der Waals surface area contributed by atoms with Crippen LogP contribution < -0.4 is 5.32 Å². The molecule has 0 bridgehead atoms. The van der Waals surface area contributed by atoms with Crippen LogP contribution in [0.25, 0.3) is 0 Å². The van der Waals surface area contributed by atoms with Crippen molar-refractivity contribution in [2.45, 2.75) is 32.4 Å². The number of aliphatic hydroxyl groups is 1. The maximum Gasteiger partial charge on any atom is 0.110 e. The topological polar surface area (TPSA) is 45.1 Å². The van der Waals surface area contributed by atoms with E-state index < -0.39 is 0 Å². The Labute approximate surface area is 96.7 Å². The van der Waals surface area contributed by atoms with Gasteiger partial charge in [0.05, 0.1) is 16.0 Å². The number of thiazole rings is 1. The average molecular weight is 279 g/mol. The van der Waals surface area contributed by atoms with E-state index in [-0.39, 0.29) is 12.6 Å². The zero-order chi connectivity index (χ0) is 10.6. The standard InChI is InChI=1S/C9H15BrN2OS/c1-6(3-4-13)12-7(2)9-11-5-8(10)14-9/h5-7,12-13H,3-4H2,1-2H3/t6-,7?/m1/s1. The van der Waals surface area contributed by atoms with Gasteiger partial charge in [0.15, 0.2) is 0 Å². The molecule has 14 heavy (non-hydrogen) atoms. The molecule has 0 saturated carbocycles. The highest BCUT2D eigenvalue weighted by atomic mass is 79.9. The Balaban J connectivity index is 2.45. The van der Waals surface area contributed by atoms with E-state index >= 15 is 0 Å². The lowest BCUT2D eigenvalue weighted by atomic mass is 10.2. The summed E-state index contributed by atoms with van der Waals surface area (Å²) in [5.41, 5.74) is 0. The molecule has 0 aliphatic heterocycles. The number of halogens is 1. The number of nitrogens with zero attached hydrogens (tertiary/aromatic N) is 1. The Morgan fingerprint density at radius 2 is 2.36 bits per heavy atom. The van der Waals surface area contributed by atoms with Crippen LogP contribution in [-0.2, 0) is 0 Å². The van der Waals surface area contributed by atoms with Gasteiger partial charge in [-0.3, -0.25) is 0 Å². The summed E-state index contributed by atoms with van der Waals surface area (Å²) in [6.45, 7) is 4.37. The summed E-state index contributed by atoms with van der Waals surface area (Å²) < 4.78 is 1.05. The lowest BCUT2D eigenvalue weighted by Crippen LogP contribution is -2.29. The first-order valence-electron chi connectivity index (χ1n) is 4.61. The van der Waals surface area contributed by atoms with Gasteiger partial charge in [0.1, 0.15) is 5.01 Å². The molecular weight excluding hydrogens is 264 g/mol. The van der Waals surface area contributed by atoms with E-state index in [1.807, 2.05) is 6.20 Å². The van der Waals surface area contributed by atoms with Crippen molar-refractivity contribution in [1.82, 2.24) is 10.3 Å². The summed E-state index contributed by atoms with van der Waals surface area (Å²) in [5, 5.41) is 13.2. The maximum absolute atomic E-state index is 8.76. The number of hydrogen-bond acceptors (Lipinski definition) is 4. The smallest absolute Gasteiger partial charge is 0.110 e. The highest BCUT2D eigenvalue weighted by Crippen LogP contribution is 2.24. The fraction of sp³-hybridized carbons (Fsp3) is 0.667. The van der Waals surface area contributed by atoms with Crippen molar-refractivity contribution in [3.63, 3.8) is 0 Å². The molecule has 80 valence electrons. The molecule has 0 aliphatic carbocycles. The molecule has 1 heterocycles. The summed E-state index contributed by atoms with van der Waals surface area (Å²) in [5.74, 6) is 0. The van der Waals surface area contributed by atoms with Gasteiger partial charge in [0.25, 0.3) is 0 Å². The monoisotopic (exact) mass is 278 g/mol. The van der Waals surface area contributed by atoms with Gasteiger partial charge in [0.2, 0.25) is 0 Å². The molecule has 0 aliphatic rings. The molecule has 3 nitrogen and oxygen atoms in total. The molecule has 0 radical (unpaired) electrons.